The number of nitrogens with one attached hydrogen (secondary N) is 2. The number of hydrogen-bond acceptors (Lipinski definition) is 4. The second kappa shape index (κ2) is 7.27. The summed E-state index contributed by atoms with van der Waals surface area (Å²) in [6.07, 6.45) is 1.74. The van der Waals surface area contributed by atoms with Crippen LogP contribution in [0.1, 0.15) is 23.3 Å². The van der Waals surface area contributed by atoms with Gasteiger partial charge in [-0.3, -0.25) is 14.4 Å². The fourth-order valence-electron chi connectivity index (χ4n) is 3.53. The van der Waals surface area contributed by atoms with Crippen molar-refractivity contribution in [1.29, 1.82) is 0 Å². The van der Waals surface area contributed by atoms with Crippen molar-refractivity contribution in [2.24, 2.45) is 5.41 Å². The maximum Gasteiger partial charge on any atom is 0.312 e. The van der Waals surface area contributed by atoms with Crippen molar-refractivity contribution in [3.8, 4) is 0 Å². The first kappa shape index (κ1) is 18.5. The third kappa shape index (κ3) is 3.60. The molecule has 1 aromatic carbocycles. The van der Waals surface area contributed by atoms with E-state index >= 15 is 0 Å². The van der Waals surface area contributed by atoms with Crippen molar-refractivity contribution in [3.63, 3.8) is 0 Å². The van der Waals surface area contributed by atoms with Crippen LogP contribution in [-0.4, -0.2) is 76.9 Å². The highest BCUT2D eigenvalue weighted by atomic mass is 16.3. The summed E-state index contributed by atoms with van der Waals surface area (Å²) >= 11 is 0. The highest BCUT2D eigenvalue weighted by Crippen LogP contribution is 2.44. The molecule has 0 radical (unpaired) electrons. The zero-order valence-electron chi connectivity index (χ0n) is 15.6. The Morgan fingerprint density at radius 3 is 2.39 bits per heavy atom. The van der Waals surface area contributed by atoms with Crippen LogP contribution in [0, 0.1) is 5.41 Å². The summed E-state index contributed by atoms with van der Waals surface area (Å²) in [7, 11) is 0. The molecule has 0 atom stereocenters. The average molecular weight is 384 g/mol. The number of rotatable bonds is 4. The van der Waals surface area contributed by atoms with Crippen LogP contribution in [0.3, 0.4) is 0 Å². The molecule has 3 N–H and O–H groups in total. The van der Waals surface area contributed by atoms with Gasteiger partial charge in [0.2, 0.25) is 0 Å². The Morgan fingerprint density at radius 2 is 1.75 bits per heavy atom. The van der Waals surface area contributed by atoms with Gasteiger partial charge in [-0.25, -0.2) is 0 Å². The van der Waals surface area contributed by atoms with Gasteiger partial charge in [0, 0.05) is 49.0 Å². The number of aliphatic hydroxyl groups is 1. The molecule has 2 fully saturated rings. The number of para-hydroxylation sites is 1. The van der Waals surface area contributed by atoms with E-state index in [9.17, 15) is 19.5 Å². The van der Waals surface area contributed by atoms with Gasteiger partial charge in [-0.15, -0.1) is 0 Å². The van der Waals surface area contributed by atoms with Crippen molar-refractivity contribution < 1.29 is 19.5 Å². The average Bonchev–Trinajstić information content (AvgIpc) is 3.40. The number of fused-ring (bicyclic) bond motifs is 1. The summed E-state index contributed by atoms with van der Waals surface area (Å²) in [5.74, 6) is -1.33. The molecule has 1 aliphatic heterocycles. The molecular formula is C20H24N4O4. The van der Waals surface area contributed by atoms with E-state index in [1.165, 1.54) is 4.90 Å². The lowest BCUT2D eigenvalue weighted by Gasteiger charge is -2.34. The number of aromatic nitrogens is 1. The number of aromatic amines is 1. The zero-order valence-corrected chi connectivity index (χ0v) is 15.6. The molecule has 8 heteroatoms. The highest BCUT2D eigenvalue weighted by molar-refractivity contribution is 6.35. The Kier molecular flexibility index (Phi) is 4.80. The van der Waals surface area contributed by atoms with Crippen LogP contribution < -0.4 is 5.32 Å². The summed E-state index contributed by atoms with van der Waals surface area (Å²) in [5, 5.41) is 12.9. The van der Waals surface area contributed by atoms with Crippen LogP contribution in [0.4, 0.5) is 0 Å². The third-order valence-corrected chi connectivity index (χ3v) is 5.73. The molecule has 2 aromatic rings. The molecule has 28 heavy (non-hydrogen) atoms. The molecule has 148 valence electrons. The first-order chi connectivity index (χ1) is 13.5. The molecule has 8 nitrogen and oxygen atoms in total. The van der Waals surface area contributed by atoms with E-state index in [-0.39, 0.29) is 17.9 Å². The number of nitrogens with zero attached hydrogens (tertiary/aromatic N) is 2. The van der Waals surface area contributed by atoms with E-state index in [1.807, 2.05) is 30.3 Å². The molecule has 0 spiro atoms. The Hall–Kier alpha value is -2.87. The summed E-state index contributed by atoms with van der Waals surface area (Å²) in [5.41, 5.74) is 1.20. The highest BCUT2D eigenvalue weighted by Gasteiger charge is 2.42. The Balaban J connectivity index is 1.30. The van der Waals surface area contributed by atoms with Gasteiger partial charge < -0.3 is 25.2 Å². The van der Waals surface area contributed by atoms with Crippen LogP contribution in [0.15, 0.2) is 30.3 Å². The lowest BCUT2D eigenvalue weighted by atomic mass is 10.1. The van der Waals surface area contributed by atoms with Gasteiger partial charge in [-0.05, 0) is 25.0 Å². The van der Waals surface area contributed by atoms with E-state index < -0.39 is 11.8 Å². The number of carbonyl (C=O) groups excluding carboxylic acids is 3. The van der Waals surface area contributed by atoms with Gasteiger partial charge >= 0.3 is 11.8 Å². The lowest BCUT2D eigenvalue weighted by Crippen LogP contribution is -2.54. The van der Waals surface area contributed by atoms with Gasteiger partial charge in [-0.1, -0.05) is 18.2 Å². The normalized spacial score (nSPS) is 18.2. The smallest absolute Gasteiger partial charge is 0.312 e. The van der Waals surface area contributed by atoms with Crippen LogP contribution in [0.5, 0.6) is 0 Å². The summed E-state index contributed by atoms with van der Waals surface area (Å²) in [6, 6.07) is 9.53. The summed E-state index contributed by atoms with van der Waals surface area (Å²) < 4.78 is 0. The Morgan fingerprint density at radius 1 is 1.07 bits per heavy atom. The van der Waals surface area contributed by atoms with E-state index in [4.69, 9.17) is 0 Å². The minimum Gasteiger partial charge on any atom is -0.396 e. The fourth-order valence-corrected chi connectivity index (χ4v) is 3.53. The van der Waals surface area contributed by atoms with Crippen LogP contribution in [0.25, 0.3) is 10.9 Å². The van der Waals surface area contributed by atoms with Gasteiger partial charge in [0.25, 0.3) is 5.91 Å². The number of carbonyl (C=O) groups is 3. The van der Waals surface area contributed by atoms with Crippen LogP contribution >= 0.6 is 0 Å². The van der Waals surface area contributed by atoms with Crippen molar-refractivity contribution in [2.75, 3.05) is 39.3 Å². The quantitative estimate of drug-likeness (QED) is 0.661. The van der Waals surface area contributed by atoms with Gasteiger partial charge in [0.05, 0.1) is 6.61 Å². The molecule has 1 aliphatic carbocycles. The fraction of sp³-hybridized carbons (Fsp3) is 0.450. The molecular weight excluding hydrogens is 360 g/mol. The minimum absolute atomic E-state index is 0.0238. The molecule has 3 amide bonds. The molecule has 1 saturated heterocycles. The standard InChI is InChI=1S/C20H24N4O4/c25-13-20(5-6-20)12-21-17(26)19(28)24-9-7-23(8-10-24)18(27)16-11-14-3-1-2-4-15(14)22-16/h1-4,11,22,25H,5-10,12-13H2,(H,21,26). The SMILES string of the molecule is O=C(NCC1(CO)CC1)C(=O)N1CCN(C(=O)c2cc3ccccc3[nH]2)CC1. The second-order valence-electron chi connectivity index (χ2n) is 7.70. The molecule has 4 rings (SSSR count). The van der Waals surface area contributed by atoms with Crippen molar-refractivity contribution in [2.45, 2.75) is 12.8 Å². The summed E-state index contributed by atoms with van der Waals surface area (Å²) in [4.78, 5) is 43.4. The number of H-pyrrole nitrogens is 1. The van der Waals surface area contributed by atoms with Crippen molar-refractivity contribution in [3.05, 3.63) is 36.0 Å². The Labute approximate surface area is 162 Å². The van der Waals surface area contributed by atoms with Gasteiger partial charge in [0.1, 0.15) is 5.69 Å². The number of aliphatic hydroxyl groups excluding tert-OH is 1. The maximum atomic E-state index is 12.7. The molecule has 1 saturated carbocycles. The lowest BCUT2D eigenvalue weighted by molar-refractivity contribution is -0.146. The van der Waals surface area contributed by atoms with E-state index in [0.29, 0.717) is 38.4 Å². The van der Waals surface area contributed by atoms with Gasteiger partial charge in [-0.2, -0.15) is 0 Å². The third-order valence-electron chi connectivity index (χ3n) is 5.73. The number of piperazine rings is 1. The van der Waals surface area contributed by atoms with E-state index in [0.717, 1.165) is 23.7 Å². The van der Waals surface area contributed by atoms with Crippen LogP contribution in [0.2, 0.25) is 0 Å². The maximum absolute atomic E-state index is 12.7. The van der Waals surface area contributed by atoms with Crippen molar-refractivity contribution in [1.82, 2.24) is 20.1 Å². The van der Waals surface area contributed by atoms with E-state index in [1.54, 1.807) is 4.90 Å². The molecule has 2 aliphatic rings. The Bertz CT molecular complexity index is 877. The minimum atomic E-state index is -0.643. The predicted molar refractivity (Wildman–Crippen MR) is 103 cm³/mol. The number of amides is 3. The largest absolute Gasteiger partial charge is 0.396 e. The number of hydrogen-bond donors (Lipinski definition) is 3. The monoisotopic (exact) mass is 384 g/mol. The molecule has 0 unspecified atom stereocenters. The first-order valence-electron chi connectivity index (χ1n) is 9.56. The van der Waals surface area contributed by atoms with Crippen LogP contribution in [-0.2, 0) is 9.59 Å². The predicted octanol–water partition coefficient (Wildman–Crippen LogP) is 0.341. The zero-order chi connectivity index (χ0) is 19.7. The number of benzene rings is 1. The first-order valence-corrected chi connectivity index (χ1v) is 9.56. The molecule has 2 heterocycles. The second-order valence-corrected chi connectivity index (χ2v) is 7.70. The van der Waals surface area contributed by atoms with Gasteiger partial charge in [0.15, 0.2) is 0 Å². The molecule has 1 aromatic heterocycles. The summed E-state index contributed by atoms with van der Waals surface area (Å²) in [6.45, 7) is 1.76. The molecule has 0 bridgehead atoms. The topological polar surface area (TPSA) is 106 Å². The van der Waals surface area contributed by atoms with Crippen molar-refractivity contribution >= 4 is 28.6 Å². The van der Waals surface area contributed by atoms with E-state index in [2.05, 4.69) is 10.3 Å².